The smallest absolute Gasteiger partial charge is 0.254 e. The summed E-state index contributed by atoms with van der Waals surface area (Å²) in [5.74, 6) is 0.199. The number of carbonyl (C=O) groups is 1. The number of anilines is 1. The summed E-state index contributed by atoms with van der Waals surface area (Å²) in [6, 6.07) is 6.44. The van der Waals surface area contributed by atoms with Gasteiger partial charge in [-0.2, -0.15) is 0 Å². The van der Waals surface area contributed by atoms with Gasteiger partial charge in [-0.25, -0.2) is 0 Å². The molecule has 1 aromatic rings. The van der Waals surface area contributed by atoms with Gasteiger partial charge >= 0.3 is 0 Å². The number of hydrogen-bond acceptors (Lipinski definition) is 2. The second kappa shape index (κ2) is 4.06. The summed E-state index contributed by atoms with van der Waals surface area (Å²) in [7, 11) is 0. The number of benzene rings is 1. The number of nitrogens with zero attached hydrogens (tertiary/aromatic N) is 1. The van der Waals surface area contributed by atoms with E-state index in [0.717, 1.165) is 37.9 Å². The average Bonchev–Trinajstić information content (AvgIpc) is 2.95. The molecule has 0 unspecified atom stereocenters. The highest BCUT2D eigenvalue weighted by atomic mass is 16.2. The maximum atomic E-state index is 12.4. The molecule has 1 aromatic carbocycles. The van der Waals surface area contributed by atoms with Crippen LogP contribution in [0, 0.1) is 0 Å². The van der Waals surface area contributed by atoms with Crippen LogP contribution in [0.1, 0.15) is 35.7 Å². The zero-order valence-electron chi connectivity index (χ0n) is 10.2. The quantitative estimate of drug-likeness (QED) is 0.802. The van der Waals surface area contributed by atoms with Crippen molar-refractivity contribution in [3.63, 3.8) is 0 Å². The number of fused-ring (bicyclic) bond motifs is 1. The van der Waals surface area contributed by atoms with Crippen LogP contribution in [0.15, 0.2) is 18.2 Å². The van der Waals surface area contributed by atoms with Crippen LogP contribution in [0.25, 0.3) is 0 Å². The van der Waals surface area contributed by atoms with Crippen LogP contribution in [0.2, 0.25) is 0 Å². The number of nitrogens with one attached hydrogen (secondary N) is 1. The summed E-state index contributed by atoms with van der Waals surface area (Å²) >= 11 is 0. The first kappa shape index (κ1) is 10.6. The van der Waals surface area contributed by atoms with Gasteiger partial charge in [0.2, 0.25) is 0 Å². The first-order valence-corrected chi connectivity index (χ1v) is 6.43. The predicted octanol–water partition coefficient (Wildman–Crippen LogP) is 2.28. The third-order valence-electron chi connectivity index (χ3n) is 3.88. The second-order valence-corrected chi connectivity index (χ2v) is 5.04. The molecule has 0 bridgehead atoms. The monoisotopic (exact) mass is 230 g/mol. The standard InChI is InChI=1S/C14H18N2O/c1-10-3-2-8-16(10)14(17)12-4-5-13-11(9-12)6-7-15-13/h4-5,9-10,15H,2-3,6-8H2,1H3/t10-/m1/s1. The van der Waals surface area contributed by atoms with Crippen molar-refractivity contribution >= 4 is 11.6 Å². The molecule has 0 spiro atoms. The molecule has 1 saturated heterocycles. The third kappa shape index (κ3) is 1.79. The Morgan fingerprint density at radius 3 is 3.12 bits per heavy atom. The fourth-order valence-electron chi connectivity index (χ4n) is 2.84. The van der Waals surface area contributed by atoms with E-state index in [0.29, 0.717) is 6.04 Å². The molecule has 1 N–H and O–H groups in total. The maximum Gasteiger partial charge on any atom is 0.254 e. The Hall–Kier alpha value is -1.51. The van der Waals surface area contributed by atoms with Crippen LogP contribution in [0.4, 0.5) is 5.69 Å². The molecule has 3 rings (SSSR count). The lowest BCUT2D eigenvalue weighted by Crippen LogP contribution is -2.33. The number of hydrogen-bond donors (Lipinski definition) is 1. The number of amides is 1. The van der Waals surface area contributed by atoms with E-state index in [9.17, 15) is 4.79 Å². The number of rotatable bonds is 1. The largest absolute Gasteiger partial charge is 0.384 e. The molecular formula is C14H18N2O. The van der Waals surface area contributed by atoms with Crippen LogP contribution >= 0.6 is 0 Å². The molecule has 1 fully saturated rings. The van der Waals surface area contributed by atoms with Crippen molar-refractivity contribution in [3.05, 3.63) is 29.3 Å². The Bertz CT molecular complexity index is 456. The molecule has 3 heteroatoms. The molecule has 0 aliphatic carbocycles. The van der Waals surface area contributed by atoms with Crippen molar-refractivity contribution in [2.24, 2.45) is 0 Å². The minimum Gasteiger partial charge on any atom is -0.384 e. The number of carbonyl (C=O) groups excluding carboxylic acids is 1. The van der Waals surface area contributed by atoms with Gasteiger partial charge in [0, 0.05) is 30.4 Å². The molecule has 0 aromatic heterocycles. The lowest BCUT2D eigenvalue weighted by Gasteiger charge is -2.21. The third-order valence-corrected chi connectivity index (χ3v) is 3.88. The van der Waals surface area contributed by atoms with Crippen molar-refractivity contribution in [1.82, 2.24) is 4.90 Å². The fraction of sp³-hybridized carbons (Fsp3) is 0.500. The van der Waals surface area contributed by atoms with Gasteiger partial charge in [-0.1, -0.05) is 0 Å². The van der Waals surface area contributed by atoms with Crippen molar-refractivity contribution < 1.29 is 4.79 Å². The summed E-state index contributed by atoms with van der Waals surface area (Å²) in [6.07, 6.45) is 3.31. The minimum atomic E-state index is 0.199. The molecule has 1 amide bonds. The molecule has 90 valence electrons. The van der Waals surface area contributed by atoms with E-state index >= 15 is 0 Å². The van der Waals surface area contributed by atoms with E-state index < -0.39 is 0 Å². The Morgan fingerprint density at radius 2 is 2.35 bits per heavy atom. The van der Waals surface area contributed by atoms with Gasteiger partial charge in [0.15, 0.2) is 0 Å². The van der Waals surface area contributed by atoms with Gasteiger partial charge in [0.25, 0.3) is 5.91 Å². The summed E-state index contributed by atoms with van der Waals surface area (Å²) < 4.78 is 0. The summed E-state index contributed by atoms with van der Waals surface area (Å²) in [5.41, 5.74) is 3.32. The Balaban J connectivity index is 1.86. The molecule has 2 aliphatic heterocycles. The van der Waals surface area contributed by atoms with Crippen molar-refractivity contribution in [1.29, 1.82) is 0 Å². The molecule has 2 heterocycles. The van der Waals surface area contributed by atoms with E-state index in [4.69, 9.17) is 0 Å². The van der Waals surface area contributed by atoms with Gasteiger partial charge in [-0.3, -0.25) is 4.79 Å². The van der Waals surface area contributed by atoms with Gasteiger partial charge in [-0.15, -0.1) is 0 Å². The van der Waals surface area contributed by atoms with Crippen LogP contribution < -0.4 is 5.32 Å². The Labute approximate surface area is 102 Å². The Morgan fingerprint density at radius 1 is 1.47 bits per heavy atom. The van der Waals surface area contributed by atoms with E-state index in [1.165, 1.54) is 11.3 Å². The molecule has 0 radical (unpaired) electrons. The summed E-state index contributed by atoms with van der Waals surface area (Å²) in [5, 5.41) is 3.32. The van der Waals surface area contributed by atoms with Crippen molar-refractivity contribution in [2.75, 3.05) is 18.4 Å². The van der Waals surface area contributed by atoms with E-state index in [1.807, 2.05) is 17.0 Å². The lowest BCUT2D eigenvalue weighted by molar-refractivity contribution is 0.0747. The first-order chi connectivity index (χ1) is 8.25. The molecule has 1 atom stereocenters. The lowest BCUT2D eigenvalue weighted by atomic mass is 10.1. The van der Waals surface area contributed by atoms with Crippen LogP contribution in [-0.2, 0) is 6.42 Å². The van der Waals surface area contributed by atoms with Crippen LogP contribution in [0.5, 0.6) is 0 Å². The van der Waals surface area contributed by atoms with Crippen molar-refractivity contribution in [2.45, 2.75) is 32.2 Å². The van der Waals surface area contributed by atoms with Gasteiger partial charge in [0.05, 0.1) is 0 Å². The molecule has 17 heavy (non-hydrogen) atoms. The zero-order valence-corrected chi connectivity index (χ0v) is 10.2. The molecular weight excluding hydrogens is 212 g/mol. The average molecular weight is 230 g/mol. The summed E-state index contributed by atoms with van der Waals surface area (Å²) in [6.45, 7) is 4.04. The topological polar surface area (TPSA) is 32.3 Å². The number of likely N-dealkylation sites (tertiary alicyclic amines) is 1. The molecule has 2 aliphatic rings. The Kier molecular flexibility index (Phi) is 2.54. The predicted molar refractivity (Wildman–Crippen MR) is 68.4 cm³/mol. The maximum absolute atomic E-state index is 12.4. The fourth-order valence-corrected chi connectivity index (χ4v) is 2.84. The van der Waals surface area contributed by atoms with E-state index in [1.54, 1.807) is 0 Å². The SMILES string of the molecule is C[C@@H]1CCCN1C(=O)c1ccc2c(c1)CCN2. The van der Waals surface area contributed by atoms with Gasteiger partial charge < -0.3 is 10.2 Å². The van der Waals surface area contributed by atoms with Gasteiger partial charge in [0.1, 0.15) is 0 Å². The molecule has 0 saturated carbocycles. The molecule has 3 nitrogen and oxygen atoms in total. The highest BCUT2D eigenvalue weighted by Crippen LogP contribution is 2.25. The zero-order chi connectivity index (χ0) is 11.8. The normalized spacial score (nSPS) is 22.4. The van der Waals surface area contributed by atoms with E-state index in [-0.39, 0.29) is 5.91 Å². The van der Waals surface area contributed by atoms with Crippen molar-refractivity contribution in [3.8, 4) is 0 Å². The van der Waals surface area contributed by atoms with Crippen LogP contribution in [-0.4, -0.2) is 29.9 Å². The summed E-state index contributed by atoms with van der Waals surface area (Å²) in [4.78, 5) is 14.4. The van der Waals surface area contributed by atoms with E-state index in [2.05, 4.69) is 18.3 Å². The highest BCUT2D eigenvalue weighted by molar-refractivity contribution is 5.95. The van der Waals surface area contributed by atoms with Gasteiger partial charge in [-0.05, 0) is 49.9 Å². The van der Waals surface area contributed by atoms with Crippen LogP contribution in [0.3, 0.4) is 0 Å². The highest BCUT2D eigenvalue weighted by Gasteiger charge is 2.26. The minimum absolute atomic E-state index is 0.199. The second-order valence-electron chi connectivity index (χ2n) is 5.04. The first-order valence-electron chi connectivity index (χ1n) is 6.43.